The summed E-state index contributed by atoms with van der Waals surface area (Å²) in [4.78, 5) is 17.1. The topological polar surface area (TPSA) is 34.9 Å². The zero-order valence-corrected chi connectivity index (χ0v) is 13.9. The Morgan fingerprint density at radius 2 is 1.50 bits per heavy atom. The molecule has 0 unspecified atom stereocenters. The fraction of sp³-hybridized carbons (Fsp3) is 0.100. The first-order valence-electron chi connectivity index (χ1n) is 7.90. The molecule has 0 bridgehead atoms. The fourth-order valence-corrected chi connectivity index (χ4v) is 3.77. The van der Waals surface area contributed by atoms with E-state index < -0.39 is 0 Å². The van der Waals surface area contributed by atoms with Crippen LogP contribution in [0.3, 0.4) is 0 Å². The lowest BCUT2D eigenvalue weighted by atomic mass is 10.2. The highest BCUT2D eigenvalue weighted by Crippen LogP contribution is 2.29. The van der Waals surface area contributed by atoms with Crippen LogP contribution in [-0.4, -0.2) is 21.2 Å². The Kier molecular flexibility index (Phi) is 4.05. The Balaban J connectivity index is 1.64. The van der Waals surface area contributed by atoms with Crippen molar-refractivity contribution in [3.05, 3.63) is 72.9 Å². The van der Waals surface area contributed by atoms with Gasteiger partial charge in [-0.1, -0.05) is 42.5 Å². The standard InChI is InChI=1S/C20H16N2OS/c23-20(12-14-24-19-11-5-6-13-21-19)22-17-9-3-1-7-15(17)16-8-2-4-10-18(16)22/h1-11,13H,12,14H2. The highest BCUT2D eigenvalue weighted by atomic mass is 32.2. The molecule has 4 aromatic rings. The molecule has 24 heavy (non-hydrogen) atoms. The van der Waals surface area contributed by atoms with Crippen molar-refractivity contribution in [2.45, 2.75) is 11.4 Å². The van der Waals surface area contributed by atoms with Crippen LogP contribution in [0.4, 0.5) is 0 Å². The predicted molar refractivity (Wildman–Crippen MR) is 99.6 cm³/mol. The number of para-hydroxylation sites is 2. The second kappa shape index (κ2) is 6.49. The zero-order chi connectivity index (χ0) is 16.4. The molecule has 0 saturated carbocycles. The minimum absolute atomic E-state index is 0.121. The number of carbonyl (C=O) groups is 1. The molecule has 4 rings (SSSR count). The van der Waals surface area contributed by atoms with Crippen molar-refractivity contribution in [1.82, 2.24) is 9.55 Å². The van der Waals surface area contributed by atoms with Gasteiger partial charge in [0.15, 0.2) is 0 Å². The van der Waals surface area contributed by atoms with Crippen molar-refractivity contribution in [1.29, 1.82) is 0 Å². The molecule has 0 atom stereocenters. The maximum Gasteiger partial charge on any atom is 0.232 e. The molecule has 0 aliphatic heterocycles. The van der Waals surface area contributed by atoms with Crippen LogP contribution in [0.2, 0.25) is 0 Å². The number of carbonyl (C=O) groups excluding carboxylic acids is 1. The van der Waals surface area contributed by atoms with Crippen LogP contribution in [0.25, 0.3) is 21.8 Å². The third-order valence-corrected chi connectivity index (χ3v) is 4.98. The summed E-state index contributed by atoms with van der Waals surface area (Å²) in [5, 5.41) is 3.20. The first-order chi connectivity index (χ1) is 11.8. The van der Waals surface area contributed by atoms with Crippen molar-refractivity contribution in [2.24, 2.45) is 0 Å². The molecule has 0 aliphatic carbocycles. The molecule has 2 heterocycles. The molecule has 0 N–H and O–H groups in total. The molecular weight excluding hydrogens is 316 g/mol. The monoisotopic (exact) mass is 332 g/mol. The lowest BCUT2D eigenvalue weighted by molar-refractivity contribution is 0.0920. The summed E-state index contributed by atoms with van der Waals surface area (Å²) < 4.78 is 1.85. The van der Waals surface area contributed by atoms with Crippen molar-refractivity contribution in [3.8, 4) is 0 Å². The number of hydrogen-bond acceptors (Lipinski definition) is 3. The van der Waals surface area contributed by atoms with Gasteiger partial charge in [-0.2, -0.15) is 0 Å². The Labute approximate surface area is 144 Å². The lowest BCUT2D eigenvalue weighted by Crippen LogP contribution is -2.11. The van der Waals surface area contributed by atoms with Gasteiger partial charge in [-0.25, -0.2) is 4.98 Å². The van der Waals surface area contributed by atoms with E-state index in [1.807, 2.05) is 59.2 Å². The average molecular weight is 332 g/mol. The van der Waals surface area contributed by atoms with Crippen molar-refractivity contribution in [3.63, 3.8) is 0 Å². The maximum absolute atomic E-state index is 12.9. The summed E-state index contributed by atoms with van der Waals surface area (Å²) in [6.07, 6.45) is 2.25. The number of rotatable bonds is 4. The molecule has 0 spiro atoms. The molecule has 0 aliphatic rings. The van der Waals surface area contributed by atoms with Crippen LogP contribution in [0, 0.1) is 0 Å². The second-order valence-electron chi connectivity index (χ2n) is 5.53. The van der Waals surface area contributed by atoms with Gasteiger partial charge in [0.2, 0.25) is 5.91 Å². The van der Waals surface area contributed by atoms with E-state index in [4.69, 9.17) is 0 Å². The average Bonchev–Trinajstić information content (AvgIpc) is 2.97. The van der Waals surface area contributed by atoms with Crippen LogP contribution < -0.4 is 0 Å². The largest absolute Gasteiger partial charge is 0.280 e. The van der Waals surface area contributed by atoms with Gasteiger partial charge in [-0.15, -0.1) is 11.8 Å². The molecule has 0 fully saturated rings. The molecule has 118 valence electrons. The van der Waals surface area contributed by atoms with E-state index in [1.165, 1.54) is 0 Å². The normalized spacial score (nSPS) is 11.2. The highest BCUT2D eigenvalue weighted by molar-refractivity contribution is 7.99. The summed E-state index contributed by atoms with van der Waals surface area (Å²) in [5.41, 5.74) is 1.96. The predicted octanol–water partition coefficient (Wildman–Crippen LogP) is 5.01. The number of hydrogen-bond donors (Lipinski definition) is 0. The van der Waals surface area contributed by atoms with E-state index in [0.29, 0.717) is 6.42 Å². The van der Waals surface area contributed by atoms with Gasteiger partial charge in [0.05, 0.1) is 16.1 Å². The van der Waals surface area contributed by atoms with E-state index in [2.05, 4.69) is 17.1 Å². The summed E-state index contributed by atoms with van der Waals surface area (Å²) >= 11 is 1.61. The summed E-state index contributed by atoms with van der Waals surface area (Å²) in [6.45, 7) is 0. The Morgan fingerprint density at radius 3 is 2.12 bits per heavy atom. The van der Waals surface area contributed by atoms with Gasteiger partial charge >= 0.3 is 0 Å². The third-order valence-electron chi connectivity index (χ3n) is 4.03. The van der Waals surface area contributed by atoms with Gasteiger partial charge in [-0.05, 0) is 24.3 Å². The Morgan fingerprint density at radius 1 is 0.875 bits per heavy atom. The molecule has 0 radical (unpaired) electrons. The molecule has 2 aromatic carbocycles. The zero-order valence-electron chi connectivity index (χ0n) is 13.1. The first-order valence-corrected chi connectivity index (χ1v) is 8.88. The molecule has 3 nitrogen and oxygen atoms in total. The fourth-order valence-electron chi connectivity index (χ4n) is 2.98. The van der Waals surface area contributed by atoms with E-state index in [-0.39, 0.29) is 5.91 Å². The van der Waals surface area contributed by atoms with E-state index in [1.54, 1.807) is 18.0 Å². The minimum Gasteiger partial charge on any atom is -0.280 e. The summed E-state index contributed by atoms with van der Waals surface area (Å²) in [7, 11) is 0. The van der Waals surface area contributed by atoms with Gasteiger partial charge in [0.25, 0.3) is 0 Å². The summed E-state index contributed by atoms with van der Waals surface area (Å²) in [5.74, 6) is 0.840. The maximum atomic E-state index is 12.9. The smallest absolute Gasteiger partial charge is 0.232 e. The van der Waals surface area contributed by atoms with Crippen LogP contribution in [0.1, 0.15) is 11.2 Å². The van der Waals surface area contributed by atoms with Gasteiger partial charge < -0.3 is 0 Å². The number of aromatic nitrogens is 2. The molecule has 4 heteroatoms. The summed E-state index contributed by atoms with van der Waals surface area (Å²) in [6, 6.07) is 22.0. The minimum atomic E-state index is 0.121. The highest BCUT2D eigenvalue weighted by Gasteiger charge is 2.15. The Hall–Kier alpha value is -2.59. The van der Waals surface area contributed by atoms with Gasteiger partial charge in [-0.3, -0.25) is 9.36 Å². The van der Waals surface area contributed by atoms with Crippen LogP contribution in [-0.2, 0) is 0 Å². The van der Waals surface area contributed by atoms with Crippen molar-refractivity contribution >= 4 is 39.5 Å². The van der Waals surface area contributed by atoms with Crippen molar-refractivity contribution < 1.29 is 4.79 Å². The van der Waals surface area contributed by atoms with Crippen LogP contribution in [0.15, 0.2) is 78.0 Å². The van der Waals surface area contributed by atoms with Gasteiger partial charge in [0.1, 0.15) is 0 Å². The van der Waals surface area contributed by atoms with Gasteiger partial charge in [0, 0.05) is 29.1 Å². The first kappa shape index (κ1) is 15.0. The second-order valence-corrected chi connectivity index (χ2v) is 6.65. The number of thioether (sulfide) groups is 1. The molecule has 2 aromatic heterocycles. The van der Waals surface area contributed by atoms with E-state index in [0.717, 1.165) is 32.6 Å². The van der Waals surface area contributed by atoms with E-state index in [9.17, 15) is 4.79 Å². The molecule has 0 amide bonds. The van der Waals surface area contributed by atoms with Crippen LogP contribution in [0.5, 0.6) is 0 Å². The molecular formula is C20H16N2OS. The van der Waals surface area contributed by atoms with Crippen LogP contribution >= 0.6 is 11.8 Å². The number of benzene rings is 2. The van der Waals surface area contributed by atoms with E-state index >= 15 is 0 Å². The Bertz CT molecular complexity index is 955. The number of fused-ring (bicyclic) bond motifs is 3. The van der Waals surface area contributed by atoms with Crippen molar-refractivity contribution in [2.75, 3.05) is 5.75 Å². The quantitative estimate of drug-likeness (QED) is 0.493. The molecule has 0 saturated heterocycles. The third kappa shape index (κ3) is 2.69. The number of pyridine rings is 1. The number of nitrogens with zero attached hydrogens (tertiary/aromatic N) is 2. The lowest BCUT2D eigenvalue weighted by Gasteiger charge is -2.06. The SMILES string of the molecule is O=C(CCSc1ccccn1)n1c2ccccc2c2ccccc21.